The molecule has 0 heterocycles. The van der Waals surface area contributed by atoms with Crippen LogP contribution in [0.15, 0.2) is 90.0 Å². The molecule has 0 bridgehead atoms. The van der Waals surface area contributed by atoms with Crippen molar-refractivity contribution < 1.29 is 13.2 Å². The summed E-state index contributed by atoms with van der Waals surface area (Å²) in [5.74, 6) is 0.755. The van der Waals surface area contributed by atoms with Gasteiger partial charge in [-0.05, 0) is 48.4 Å². The van der Waals surface area contributed by atoms with Gasteiger partial charge in [0.2, 0.25) is 0 Å². The molecule has 4 nitrogen and oxygen atoms in total. The lowest BCUT2D eigenvalue weighted by Gasteiger charge is -2.21. The van der Waals surface area contributed by atoms with Gasteiger partial charge in [0.25, 0.3) is 10.0 Å². The lowest BCUT2D eigenvalue weighted by molar-refractivity contribution is 0.415. The number of rotatable bonds is 7. The maximum Gasteiger partial charge on any atom is 0.264 e. The van der Waals surface area contributed by atoms with Crippen molar-refractivity contribution in [2.24, 2.45) is 0 Å². The molecule has 5 heteroatoms. The Balaban J connectivity index is 1.94. The summed E-state index contributed by atoms with van der Waals surface area (Å²) in [7, 11) is -2.07. The number of hydrogen-bond donors (Lipinski definition) is 0. The molecule has 0 atom stereocenters. The van der Waals surface area contributed by atoms with Gasteiger partial charge in [-0.15, -0.1) is 0 Å². The number of methoxy groups -OCH3 is 1. The normalized spacial score (nSPS) is 11.5. The van der Waals surface area contributed by atoms with Crippen molar-refractivity contribution >= 4 is 16.1 Å². The molecule has 0 aromatic heterocycles. The summed E-state index contributed by atoms with van der Waals surface area (Å²) in [4.78, 5) is 0.272. The topological polar surface area (TPSA) is 46.6 Å². The lowest BCUT2D eigenvalue weighted by atomic mass is 10.2. The molecule has 0 aliphatic rings. The third-order valence-corrected chi connectivity index (χ3v) is 6.09. The molecule has 3 aromatic carbocycles. The van der Waals surface area contributed by atoms with Crippen LogP contribution in [-0.2, 0) is 16.6 Å². The molecule has 3 rings (SSSR count). The fourth-order valence-corrected chi connectivity index (χ4v) is 4.00. The Morgan fingerprint density at radius 2 is 1.54 bits per heavy atom. The molecule has 0 N–H and O–H groups in total. The molecule has 0 fully saturated rings. The summed E-state index contributed by atoms with van der Waals surface area (Å²) < 4.78 is 33.0. The zero-order valence-electron chi connectivity index (χ0n) is 15.9. The lowest BCUT2D eigenvalue weighted by Crippen LogP contribution is -2.25. The van der Waals surface area contributed by atoms with Gasteiger partial charge in [0.1, 0.15) is 5.75 Å². The second kappa shape index (κ2) is 8.76. The van der Waals surface area contributed by atoms with Gasteiger partial charge < -0.3 is 4.74 Å². The van der Waals surface area contributed by atoms with Crippen LogP contribution >= 0.6 is 0 Å². The second-order valence-corrected chi connectivity index (χ2v) is 8.33. The van der Waals surface area contributed by atoms with Gasteiger partial charge in [0.15, 0.2) is 0 Å². The highest BCUT2D eigenvalue weighted by atomic mass is 32.2. The Bertz CT molecular complexity index is 1030. The molecular formula is C23H23NO3S. The minimum absolute atomic E-state index is 0.254. The monoisotopic (exact) mass is 393 g/mol. The molecule has 0 saturated carbocycles. The number of nitrogens with zero attached hydrogens (tertiary/aromatic N) is 1. The van der Waals surface area contributed by atoms with E-state index < -0.39 is 10.0 Å². The van der Waals surface area contributed by atoms with Crippen molar-refractivity contribution in [3.05, 3.63) is 102 Å². The van der Waals surface area contributed by atoms with Crippen molar-refractivity contribution in [1.82, 2.24) is 4.31 Å². The molecule has 0 amide bonds. The Morgan fingerprint density at radius 1 is 0.893 bits per heavy atom. The smallest absolute Gasteiger partial charge is 0.264 e. The molecule has 0 radical (unpaired) electrons. The zero-order valence-corrected chi connectivity index (χ0v) is 16.8. The summed E-state index contributed by atoms with van der Waals surface area (Å²) in [6.45, 7) is 2.19. The van der Waals surface area contributed by atoms with E-state index in [0.29, 0.717) is 0 Å². The number of sulfonamides is 1. The fourth-order valence-electron chi connectivity index (χ4n) is 2.71. The van der Waals surface area contributed by atoms with E-state index in [0.717, 1.165) is 22.4 Å². The highest BCUT2D eigenvalue weighted by Gasteiger charge is 2.21. The van der Waals surface area contributed by atoms with E-state index in [9.17, 15) is 8.42 Å². The highest BCUT2D eigenvalue weighted by molar-refractivity contribution is 7.89. The largest absolute Gasteiger partial charge is 0.497 e. The molecule has 3 aromatic rings. The first-order chi connectivity index (χ1) is 13.5. The SMILES string of the molecule is COc1ccc(/C=C/N(Cc2ccccc2)S(=O)(=O)c2ccc(C)cc2)cc1. The van der Waals surface area contributed by atoms with Crippen LogP contribution in [0.4, 0.5) is 0 Å². The molecule has 0 unspecified atom stereocenters. The number of hydrogen-bond acceptors (Lipinski definition) is 3. The predicted octanol–water partition coefficient (Wildman–Crippen LogP) is 4.87. The van der Waals surface area contributed by atoms with E-state index in [1.807, 2.05) is 61.5 Å². The molecule has 0 aliphatic heterocycles. The van der Waals surface area contributed by atoms with Crippen LogP contribution in [0.1, 0.15) is 16.7 Å². The Morgan fingerprint density at radius 3 is 2.14 bits per heavy atom. The van der Waals surface area contributed by atoms with Gasteiger partial charge in [-0.2, -0.15) is 0 Å². The number of aryl methyl sites for hydroxylation is 1. The van der Waals surface area contributed by atoms with E-state index in [1.165, 1.54) is 4.31 Å². The fraction of sp³-hybridized carbons (Fsp3) is 0.130. The summed E-state index contributed by atoms with van der Waals surface area (Å²) in [6.07, 6.45) is 3.40. The summed E-state index contributed by atoms with van der Waals surface area (Å²) >= 11 is 0. The average molecular weight is 394 g/mol. The first-order valence-corrected chi connectivity index (χ1v) is 10.4. The Kier molecular flexibility index (Phi) is 6.16. The molecular weight excluding hydrogens is 370 g/mol. The van der Waals surface area contributed by atoms with Gasteiger partial charge in [-0.3, -0.25) is 4.31 Å². The van der Waals surface area contributed by atoms with Gasteiger partial charge >= 0.3 is 0 Å². The van der Waals surface area contributed by atoms with Crippen LogP contribution in [-0.4, -0.2) is 19.8 Å². The molecule has 28 heavy (non-hydrogen) atoms. The minimum atomic E-state index is -3.68. The van der Waals surface area contributed by atoms with Crippen molar-refractivity contribution in [1.29, 1.82) is 0 Å². The first-order valence-electron chi connectivity index (χ1n) is 8.94. The van der Waals surface area contributed by atoms with Crippen LogP contribution in [0, 0.1) is 6.92 Å². The van der Waals surface area contributed by atoms with Crippen molar-refractivity contribution in [2.45, 2.75) is 18.4 Å². The standard InChI is InChI=1S/C23H23NO3S/c1-19-8-14-23(15-9-19)28(25,26)24(18-21-6-4-3-5-7-21)17-16-20-10-12-22(27-2)13-11-20/h3-17H,18H2,1-2H3/b17-16+. The predicted molar refractivity (Wildman–Crippen MR) is 112 cm³/mol. The highest BCUT2D eigenvalue weighted by Crippen LogP contribution is 2.21. The maximum atomic E-state index is 13.2. The second-order valence-electron chi connectivity index (χ2n) is 6.44. The van der Waals surface area contributed by atoms with Crippen LogP contribution in [0.2, 0.25) is 0 Å². The summed E-state index contributed by atoms with van der Waals surface area (Å²) in [5, 5.41) is 0. The summed E-state index contributed by atoms with van der Waals surface area (Å²) in [5.41, 5.74) is 2.82. The van der Waals surface area contributed by atoms with Crippen LogP contribution in [0.25, 0.3) is 6.08 Å². The van der Waals surface area contributed by atoms with Gasteiger partial charge in [-0.1, -0.05) is 60.2 Å². The van der Waals surface area contributed by atoms with E-state index in [1.54, 1.807) is 43.7 Å². The number of benzene rings is 3. The van der Waals surface area contributed by atoms with Crippen LogP contribution in [0.5, 0.6) is 5.75 Å². The Hall–Kier alpha value is -3.05. The molecule has 0 aliphatic carbocycles. The quantitative estimate of drug-likeness (QED) is 0.576. The average Bonchev–Trinajstić information content (AvgIpc) is 2.72. The van der Waals surface area contributed by atoms with Crippen LogP contribution in [0.3, 0.4) is 0 Å². The van der Waals surface area contributed by atoms with Crippen molar-refractivity contribution in [3.63, 3.8) is 0 Å². The van der Waals surface area contributed by atoms with E-state index in [4.69, 9.17) is 4.74 Å². The first kappa shape index (κ1) is 19.7. The van der Waals surface area contributed by atoms with Crippen molar-refractivity contribution in [3.8, 4) is 5.75 Å². The zero-order chi connectivity index (χ0) is 20.0. The molecule has 144 valence electrons. The summed E-state index contributed by atoms with van der Waals surface area (Å²) in [6, 6.07) is 23.9. The van der Waals surface area contributed by atoms with Gasteiger partial charge in [0.05, 0.1) is 18.6 Å². The van der Waals surface area contributed by atoms with E-state index >= 15 is 0 Å². The number of ether oxygens (including phenoxy) is 1. The third kappa shape index (κ3) is 4.81. The third-order valence-electron chi connectivity index (χ3n) is 4.36. The van der Waals surface area contributed by atoms with E-state index in [2.05, 4.69) is 0 Å². The van der Waals surface area contributed by atoms with Crippen LogP contribution < -0.4 is 4.74 Å². The minimum Gasteiger partial charge on any atom is -0.497 e. The molecule has 0 saturated heterocycles. The Labute approximate surface area is 166 Å². The van der Waals surface area contributed by atoms with Gasteiger partial charge in [0, 0.05) is 6.20 Å². The van der Waals surface area contributed by atoms with Crippen molar-refractivity contribution in [2.75, 3.05) is 7.11 Å². The van der Waals surface area contributed by atoms with E-state index in [-0.39, 0.29) is 11.4 Å². The maximum absolute atomic E-state index is 13.2. The van der Waals surface area contributed by atoms with Gasteiger partial charge in [-0.25, -0.2) is 8.42 Å². The molecule has 0 spiro atoms.